The molecule has 466 valence electrons. The van der Waals surface area contributed by atoms with E-state index in [4.69, 9.17) is 29.4 Å². The van der Waals surface area contributed by atoms with Gasteiger partial charge >= 0.3 is 6.09 Å². The molecule has 2 fully saturated rings. The molecule has 2 aromatic rings. The predicted octanol–water partition coefficient (Wildman–Crippen LogP) is 4.87. The maximum atomic E-state index is 14.2. The number of rotatable bonds is 20. The zero-order chi connectivity index (χ0) is 62.3. The van der Waals surface area contributed by atoms with Gasteiger partial charge in [0.1, 0.15) is 6.10 Å². The Hall–Kier alpha value is -6.69. The number of nitrogens with zero attached hydrogens (tertiary/aromatic N) is 3. The normalized spacial score (nSPS) is 27.1. The summed E-state index contributed by atoms with van der Waals surface area (Å²) in [7, 11) is 0.157. The van der Waals surface area contributed by atoms with Crippen LogP contribution in [-0.2, 0) is 47.4 Å². The van der Waals surface area contributed by atoms with E-state index in [9.17, 15) is 38.7 Å². The first-order valence-corrected chi connectivity index (χ1v) is 32.9. The van der Waals surface area contributed by atoms with E-state index in [0.717, 1.165) is 38.0 Å². The third-order valence-electron chi connectivity index (χ3n) is 16.6. The first-order valence-electron chi connectivity index (χ1n) is 29.9. The summed E-state index contributed by atoms with van der Waals surface area (Å²) in [5, 5.41) is 25.6. The number of ketones is 2. The van der Waals surface area contributed by atoms with Gasteiger partial charge in [-0.3, -0.25) is 33.7 Å². The van der Waals surface area contributed by atoms with E-state index in [-0.39, 0.29) is 109 Å². The molecule has 86 heavy (non-hydrogen) atoms. The monoisotopic (exact) mass is 1220 g/mol. The number of aliphatic imine (C=N–C) groups is 1. The number of nitrogens with two attached hydrogens (primary N) is 1. The average molecular weight is 1220 g/mol. The lowest BCUT2D eigenvalue weighted by Crippen LogP contribution is -2.67. The third-order valence-corrected chi connectivity index (χ3v) is 23.0. The molecule has 0 aromatic heterocycles. The number of Topliss-reactive ketones (excluding diaryl/α,β-unsaturated/α-hetero) is 1. The average Bonchev–Trinajstić information content (AvgIpc) is 1.19. The molecule has 4 heterocycles. The molecule has 2 saturated heterocycles. The van der Waals surface area contributed by atoms with Crippen molar-refractivity contribution in [3.8, 4) is 0 Å². The smallest absolute Gasteiger partial charge is 0.405 e. The minimum Gasteiger partial charge on any atom is -0.439 e. The van der Waals surface area contributed by atoms with Crippen molar-refractivity contribution in [2.24, 2.45) is 22.6 Å². The molecule has 2 bridgehead atoms. The van der Waals surface area contributed by atoms with E-state index < -0.39 is 67.5 Å². The predicted molar refractivity (Wildman–Crippen MR) is 335 cm³/mol. The van der Waals surface area contributed by atoms with Gasteiger partial charge in [-0.2, -0.15) is 0 Å². The summed E-state index contributed by atoms with van der Waals surface area (Å²) in [6.45, 7) is 16.5. The number of hydrogen-bond acceptors (Lipinski definition) is 17. The molecule has 0 radical (unpaired) electrons. The van der Waals surface area contributed by atoms with Crippen molar-refractivity contribution >= 4 is 77.7 Å². The van der Waals surface area contributed by atoms with Crippen molar-refractivity contribution in [3.05, 3.63) is 119 Å². The summed E-state index contributed by atoms with van der Waals surface area (Å²) >= 11 is 1.49. The van der Waals surface area contributed by atoms with Crippen LogP contribution >= 0.6 is 11.8 Å². The first-order chi connectivity index (χ1) is 41.0. The van der Waals surface area contributed by atoms with Gasteiger partial charge in [0.05, 0.1) is 41.5 Å². The Labute approximate surface area is 511 Å². The largest absolute Gasteiger partial charge is 0.439 e. The van der Waals surface area contributed by atoms with Crippen LogP contribution in [0.25, 0.3) is 0 Å². The summed E-state index contributed by atoms with van der Waals surface area (Å²) in [4.78, 5) is 102. The highest BCUT2D eigenvalue weighted by Gasteiger charge is 2.51. The lowest BCUT2D eigenvalue weighted by atomic mass is 9.85. The molecule has 0 spiro atoms. The fourth-order valence-electron chi connectivity index (χ4n) is 11.9. The van der Waals surface area contributed by atoms with E-state index in [1.165, 1.54) is 60.3 Å². The molecule has 9 atom stereocenters. The Kier molecular flexibility index (Phi) is 23.9. The standard InChI is InChI=1S/C64H88N8O12SSi/c1-40-33-48-56(50(73)36-49(58(48)77)70-60(78)41(2)19-16-24-51(81-8)59(84-62(65)80)43(4)35-42(3)57(76)52(34-40)82-9)67-29-18-28-66-54(74)25-17-30-72-55(75)37-53(61(72)79)85-39-45-27-32-71-31-26-44(68-63(71)69-45)38-83-86(64(5,6)7,46-20-12-10-13-21-46)47-22-14-11-15-23-47/h10-16,19-24,35-36,40,42,44-45,51-53,57,59,67,76H,17-18,25-34,37-39H2,1-9H3,(H2,65,80)(H,66,74)(H,68,69)(H,70,78)/b24-16-,41-19+,43-35+/t40-,42+,44-,45-,51+,52+,53?,57-,59+/m1/s1. The van der Waals surface area contributed by atoms with Crippen LogP contribution in [0.15, 0.2) is 124 Å². The van der Waals surface area contributed by atoms with Gasteiger partial charge in [0.15, 0.2) is 12.1 Å². The van der Waals surface area contributed by atoms with Crippen molar-refractivity contribution in [1.29, 1.82) is 0 Å². The minimum atomic E-state index is -2.73. The Morgan fingerprint density at radius 2 is 1.60 bits per heavy atom. The van der Waals surface area contributed by atoms with Gasteiger partial charge in [-0.05, 0) is 79.3 Å². The molecule has 4 aliphatic heterocycles. The van der Waals surface area contributed by atoms with Gasteiger partial charge in [-0.15, -0.1) is 11.8 Å². The number of fused-ring (bicyclic) bond motifs is 3. The number of benzene rings is 2. The summed E-state index contributed by atoms with van der Waals surface area (Å²) in [5.41, 5.74) is 6.19. The third kappa shape index (κ3) is 16.9. The molecule has 5 aliphatic rings. The van der Waals surface area contributed by atoms with Gasteiger partial charge in [0, 0.05) is 94.7 Å². The topological polar surface area (TPSA) is 270 Å². The molecule has 2 aromatic carbocycles. The molecule has 1 unspecified atom stereocenters. The zero-order valence-corrected chi connectivity index (χ0v) is 53.0. The fourth-order valence-corrected chi connectivity index (χ4v) is 17.8. The number of carbonyl (C=O) groups is 7. The van der Waals surface area contributed by atoms with Crippen LogP contribution < -0.4 is 37.4 Å². The molecule has 7 rings (SSSR count). The molecular formula is C64H88N8O12SSi. The number of nitrogens with one attached hydrogen (secondary N) is 4. The van der Waals surface area contributed by atoms with Gasteiger partial charge in [-0.25, -0.2) is 9.79 Å². The molecule has 0 saturated carbocycles. The van der Waals surface area contributed by atoms with Gasteiger partial charge in [0.2, 0.25) is 29.3 Å². The van der Waals surface area contributed by atoms with Gasteiger partial charge in [0.25, 0.3) is 14.2 Å². The maximum absolute atomic E-state index is 14.2. The second-order valence-electron chi connectivity index (χ2n) is 24.1. The second kappa shape index (κ2) is 30.8. The van der Waals surface area contributed by atoms with Gasteiger partial charge in [-0.1, -0.05) is 120 Å². The van der Waals surface area contributed by atoms with Crippen LogP contribution in [0.2, 0.25) is 5.04 Å². The number of thioether (sulfide) groups is 1. The summed E-state index contributed by atoms with van der Waals surface area (Å²) in [5.74, 6) is -1.79. The van der Waals surface area contributed by atoms with Crippen molar-refractivity contribution in [3.63, 3.8) is 0 Å². The number of aliphatic hydroxyl groups excluding tert-OH is 1. The number of guanidine groups is 1. The van der Waals surface area contributed by atoms with Crippen molar-refractivity contribution in [2.45, 2.75) is 147 Å². The van der Waals surface area contributed by atoms with Crippen LogP contribution in [0.4, 0.5) is 4.79 Å². The molecule has 20 nitrogen and oxygen atoms in total. The minimum absolute atomic E-state index is 0.0229. The highest BCUT2D eigenvalue weighted by molar-refractivity contribution is 8.00. The number of methoxy groups -OCH3 is 2. The second-order valence-corrected chi connectivity index (χ2v) is 29.6. The zero-order valence-electron chi connectivity index (χ0n) is 51.2. The quantitative estimate of drug-likeness (QED) is 0.0340. The first kappa shape index (κ1) is 66.8. The summed E-state index contributed by atoms with van der Waals surface area (Å²) in [6.07, 6.45) is 5.82. The number of imide groups is 1. The number of ether oxygens (including phenoxy) is 3. The number of aliphatic hydroxyl groups is 1. The molecule has 1 aliphatic carbocycles. The van der Waals surface area contributed by atoms with E-state index >= 15 is 0 Å². The Morgan fingerprint density at radius 1 is 0.919 bits per heavy atom. The number of primary amides is 1. The van der Waals surface area contributed by atoms with E-state index in [1.807, 2.05) is 19.1 Å². The van der Waals surface area contributed by atoms with Gasteiger partial charge < -0.3 is 55.6 Å². The maximum Gasteiger partial charge on any atom is 0.405 e. The lowest BCUT2D eigenvalue weighted by Gasteiger charge is -2.44. The summed E-state index contributed by atoms with van der Waals surface area (Å²) in [6, 6.07) is 21.3. The number of allylic oxidation sites excluding steroid dienone is 4. The fraction of sp³-hybridized carbons (Fsp3) is 0.531. The molecule has 7 N–H and O–H groups in total. The number of amides is 5. The molecule has 22 heteroatoms. The van der Waals surface area contributed by atoms with E-state index in [2.05, 4.69) is 95.5 Å². The number of carbonyl (C=O) groups excluding carboxylic acids is 7. The van der Waals surface area contributed by atoms with E-state index in [0.29, 0.717) is 30.8 Å². The lowest BCUT2D eigenvalue weighted by molar-refractivity contribution is -0.138. The Bertz CT molecular complexity index is 2920. The number of likely N-dealkylation sites (tertiary alicyclic amines) is 1. The van der Waals surface area contributed by atoms with Crippen LogP contribution in [0.5, 0.6) is 0 Å². The highest BCUT2D eigenvalue weighted by Crippen LogP contribution is 2.38. The van der Waals surface area contributed by atoms with Crippen LogP contribution in [0.1, 0.15) is 99.8 Å². The van der Waals surface area contributed by atoms with Crippen LogP contribution in [-0.4, -0.2) is 172 Å². The SMILES string of the molecule is CO[C@H]1/C=C\C=C(/C)C(=O)NC2=CC(=O)C(NCCCNC(=O)CCCN3C(=O)CC(SC[C@H]4CCN5CC[C@H](CO[Si](c6ccccc6)(c6ccccc6)C(C)(C)C)N=C5N4)C3=O)=C(C[C@@H](C)C[C@H](OC)[C@H](O)[C@@H](C)/C=C(\C)[C@@H]1OC(N)=O)C2=O. The van der Waals surface area contributed by atoms with Crippen molar-refractivity contribution < 1.29 is 57.3 Å². The number of hydrogen-bond donors (Lipinski definition) is 6. The molecular weight excluding hydrogens is 1130 g/mol. The van der Waals surface area contributed by atoms with E-state index in [1.54, 1.807) is 26.0 Å². The van der Waals surface area contributed by atoms with Crippen LogP contribution in [0.3, 0.4) is 0 Å². The highest BCUT2D eigenvalue weighted by atomic mass is 32.2. The van der Waals surface area contributed by atoms with Crippen molar-refractivity contribution in [2.75, 3.05) is 59.3 Å². The summed E-state index contributed by atoms with van der Waals surface area (Å²) < 4.78 is 24.1. The Morgan fingerprint density at radius 3 is 2.26 bits per heavy atom. The Balaban J connectivity index is 0.883. The van der Waals surface area contributed by atoms with Crippen LogP contribution in [0, 0.1) is 11.8 Å². The molecule has 5 amide bonds. The van der Waals surface area contributed by atoms with Crippen molar-refractivity contribution in [1.82, 2.24) is 31.1 Å².